The first kappa shape index (κ1) is 15.6. The Kier molecular flexibility index (Phi) is 3.87. The van der Waals surface area contributed by atoms with Crippen LogP contribution in [-0.2, 0) is 4.74 Å². The number of rotatable bonds is 2. The first-order chi connectivity index (χ1) is 10.9. The van der Waals surface area contributed by atoms with E-state index in [-0.39, 0.29) is 12.1 Å². The zero-order valence-corrected chi connectivity index (χ0v) is 13.9. The van der Waals surface area contributed by atoms with Gasteiger partial charge < -0.3 is 14.5 Å². The number of aromatic nitrogens is 3. The number of carbonyl (C=O) groups excluding carboxylic acids is 1. The Bertz CT molecular complexity index is 720. The fourth-order valence-corrected chi connectivity index (χ4v) is 2.76. The summed E-state index contributed by atoms with van der Waals surface area (Å²) in [4.78, 5) is 26.2. The van der Waals surface area contributed by atoms with Gasteiger partial charge in [-0.05, 0) is 39.7 Å². The van der Waals surface area contributed by atoms with Crippen molar-refractivity contribution >= 4 is 17.3 Å². The predicted molar refractivity (Wildman–Crippen MR) is 85.4 cm³/mol. The van der Waals surface area contributed by atoms with E-state index in [9.17, 15) is 4.79 Å². The average Bonchev–Trinajstić information content (AvgIpc) is 3.10. The van der Waals surface area contributed by atoms with Crippen LogP contribution in [0.4, 0.5) is 4.79 Å². The molecule has 2 aromatic heterocycles. The molecule has 1 saturated heterocycles. The van der Waals surface area contributed by atoms with Gasteiger partial charge in [-0.15, -0.1) is 0 Å². The van der Waals surface area contributed by atoms with Crippen molar-refractivity contribution in [2.24, 2.45) is 0 Å². The van der Waals surface area contributed by atoms with Crippen molar-refractivity contribution in [2.45, 2.75) is 45.3 Å². The molecule has 2 aromatic rings. The third kappa shape index (κ3) is 3.23. The van der Waals surface area contributed by atoms with Gasteiger partial charge in [0, 0.05) is 12.6 Å². The average molecular weight is 318 g/mol. The van der Waals surface area contributed by atoms with Gasteiger partial charge in [-0.2, -0.15) is 4.98 Å². The Morgan fingerprint density at radius 2 is 2.13 bits per heavy atom. The standard InChI is InChI=1S/C16H22N4O3/c1-16(2,3)23-15(21)20-9-5-6-11(20)14-17-10-7-8-12(22-4)18-13(10)19-14/h7-8,11H,5-6,9H2,1-4H3,(H,17,18,19)/t11-/m0/s1. The lowest BCUT2D eigenvalue weighted by molar-refractivity contribution is 0.0219. The summed E-state index contributed by atoms with van der Waals surface area (Å²) in [5.74, 6) is 1.26. The molecule has 0 spiro atoms. The van der Waals surface area contributed by atoms with Crippen molar-refractivity contribution < 1.29 is 14.3 Å². The van der Waals surface area contributed by atoms with Crippen molar-refractivity contribution in [3.8, 4) is 5.88 Å². The molecule has 3 rings (SSSR count). The van der Waals surface area contributed by atoms with Crippen molar-refractivity contribution in [2.75, 3.05) is 13.7 Å². The van der Waals surface area contributed by atoms with Crippen molar-refractivity contribution in [1.82, 2.24) is 19.9 Å². The lowest BCUT2D eigenvalue weighted by atomic mass is 10.2. The van der Waals surface area contributed by atoms with E-state index in [4.69, 9.17) is 9.47 Å². The van der Waals surface area contributed by atoms with Gasteiger partial charge in [0.15, 0.2) is 5.65 Å². The predicted octanol–water partition coefficient (Wildman–Crippen LogP) is 3.04. The number of fused-ring (bicyclic) bond motifs is 1. The highest BCUT2D eigenvalue weighted by molar-refractivity contribution is 5.72. The molecule has 1 N–H and O–H groups in total. The molecule has 1 aliphatic heterocycles. The normalized spacial score (nSPS) is 18.4. The van der Waals surface area contributed by atoms with Crippen LogP contribution in [0.2, 0.25) is 0 Å². The minimum Gasteiger partial charge on any atom is -0.481 e. The maximum atomic E-state index is 12.4. The molecule has 0 bridgehead atoms. The van der Waals surface area contributed by atoms with Crippen LogP contribution in [-0.4, -0.2) is 45.2 Å². The fourth-order valence-electron chi connectivity index (χ4n) is 2.76. The summed E-state index contributed by atoms with van der Waals surface area (Å²) in [5, 5.41) is 0. The van der Waals surface area contributed by atoms with E-state index in [0.717, 1.165) is 24.2 Å². The molecule has 7 nitrogen and oxygen atoms in total. The molecule has 124 valence electrons. The number of nitrogens with one attached hydrogen (secondary N) is 1. The van der Waals surface area contributed by atoms with Gasteiger partial charge in [0.05, 0.1) is 18.7 Å². The quantitative estimate of drug-likeness (QED) is 0.920. The van der Waals surface area contributed by atoms with Crippen LogP contribution in [0, 0.1) is 0 Å². The van der Waals surface area contributed by atoms with Crippen LogP contribution in [0.15, 0.2) is 12.1 Å². The lowest BCUT2D eigenvalue weighted by Crippen LogP contribution is -2.36. The Morgan fingerprint density at radius 1 is 1.35 bits per heavy atom. The van der Waals surface area contributed by atoms with Crippen molar-refractivity contribution in [1.29, 1.82) is 0 Å². The number of aromatic amines is 1. The largest absolute Gasteiger partial charge is 0.481 e. The Morgan fingerprint density at radius 3 is 2.83 bits per heavy atom. The van der Waals surface area contributed by atoms with Gasteiger partial charge in [-0.25, -0.2) is 9.78 Å². The van der Waals surface area contributed by atoms with Crippen molar-refractivity contribution in [3.05, 3.63) is 18.0 Å². The molecule has 3 heterocycles. The van der Waals surface area contributed by atoms with E-state index in [0.29, 0.717) is 18.1 Å². The number of pyridine rings is 1. The Balaban J connectivity index is 1.86. The zero-order chi connectivity index (χ0) is 16.6. The van der Waals surface area contributed by atoms with Gasteiger partial charge >= 0.3 is 6.09 Å². The molecule has 0 aromatic carbocycles. The molecule has 0 unspecified atom stereocenters. The van der Waals surface area contributed by atoms with Crippen LogP contribution in [0.1, 0.15) is 45.5 Å². The van der Waals surface area contributed by atoms with E-state index in [1.54, 1.807) is 18.1 Å². The maximum Gasteiger partial charge on any atom is 0.410 e. The van der Waals surface area contributed by atoms with Crippen LogP contribution in [0.3, 0.4) is 0 Å². The molecule has 0 radical (unpaired) electrons. The molecule has 1 atom stereocenters. The molecule has 1 aliphatic rings. The topological polar surface area (TPSA) is 80.3 Å². The number of H-pyrrole nitrogens is 1. The second kappa shape index (κ2) is 5.72. The Labute approximate surface area is 135 Å². The summed E-state index contributed by atoms with van der Waals surface area (Å²) in [7, 11) is 1.57. The second-order valence-electron chi connectivity index (χ2n) is 6.68. The number of imidazole rings is 1. The molecule has 1 amide bonds. The number of nitrogens with zero attached hydrogens (tertiary/aromatic N) is 3. The van der Waals surface area contributed by atoms with Crippen LogP contribution in [0.25, 0.3) is 11.2 Å². The zero-order valence-electron chi connectivity index (χ0n) is 13.9. The minimum atomic E-state index is -0.507. The Hall–Kier alpha value is -2.31. The number of amides is 1. The SMILES string of the molecule is COc1ccc2[nH]c([C@@H]3CCCN3C(=O)OC(C)(C)C)nc2n1. The fraction of sp³-hybridized carbons (Fsp3) is 0.562. The van der Waals surface area contributed by atoms with E-state index in [2.05, 4.69) is 15.0 Å². The van der Waals surface area contributed by atoms with Crippen LogP contribution >= 0.6 is 0 Å². The third-order valence-corrected chi connectivity index (χ3v) is 3.74. The van der Waals surface area contributed by atoms with E-state index in [1.807, 2.05) is 26.8 Å². The summed E-state index contributed by atoms with van der Waals surface area (Å²) in [5.41, 5.74) is 0.916. The number of hydrogen-bond donors (Lipinski definition) is 1. The highest BCUT2D eigenvalue weighted by Crippen LogP contribution is 2.32. The van der Waals surface area contributed by atoms with Gasteiger partial charge in [0.2, 0.25) is 5.88 Å². The molecular weight excluding hydrogens is 296 g/mol. The number of carbonyl (C=O) groups is 1. The first-order valence-electron chi connectivity index (χ1n) is 7.77. The smallest absolute Gasteiger partial charge is 0.410 e. The summed E-state index contributed by atoms with van der Waals surface area (Å²) >= 11 is 0. The maximum absolute atomic E-state index is 12.4. The number of likely N-dealkylation sites (tertiary alicyclic amines) is 1. The highest BCUT2D eigenvalue weighted by Gasteiger charge is 2.35. The van der Waals surface area contributed by atoms with Crippen LogP contribution in [0.5, 0.6) is 5.88 Å². The first-order valence-corrected chi connectivity index (χ1v) is 7.77. The highest BCUT2D eigenvalue weighted by atomic mass is 16.6. The molecule has 23 heavy (non-hydrogen) atoms. The van der Waals surface area contributed by atoms with Gasteiger partial charge in [0.25, 0.3) is 0 Å². The number of ether oxygens (including phenoxy) is 2. The van der Waals surface area contributed by atoms with Gasteiger partial charge in [0.1, 0.15) is 11.4 Å². The number of hydrogen-bond acceptors (Lipinski definition) is 5. The monoisotopic (exact) mass is 318 g/mol. The molecule has 7 heteroatoms. The van der Waals surface area contributed by atoms with E-state index < -0.39 is 5.60 Å². The lowest BCUT2D eigenvalue weighted by Gasteiger charge is -2.27. The summed E-state index contributed by atoms with van der Waals surface area (Å²) in [6, 6.07) is 3.56. The molecule has 1 fully saturated rings. The van der Waals surface area contributed by atoms with Gasteiger partial charge in [-0.3, -0.25) is 4.90 Å². The van der Waals surface area contributed by atoms with E-state index in [1.165, 1.54) is 0 Å². The molecular formula is C16H22N4O3. The summed E-state index contributed by atoms with van der Waals surface area (Å²) in [6.07, 6.45) is 1.49. The van der Waals surface area contributed by atoms with Crippen LogP contribution < -0.4 is 4.74 Å². The minimum absolute atomic E-state index is 0.106. The molecule has 0 saturated carbocycles. The summed E-state index contributed by atoms with van der Waals surface area (Å²) in [6.45, 7) is 6.28. The number of methoxy groups -OCH3 is 1. The van der Waals surface area contributed by atoms with Gasteiger partial charge in [-0.1, -0.05) is 0 Å². The van der Waals surface area contributed by atoms with Crippen molar-refractivity contribution in [3.63, 3.8) is 0 Å². The summed E-state index contributed by atoms with van der Waals surface area (Å²) < 4.78 is 10.6. The second-order valence-corrected chi connectivity index (χ2v) is 6.68. The molecule has 0 aliphatic carbocycles. The third-order valence-electron chi connectivity index (χ3n) is 3.74. The van der Waals surface area contributed by atoms with E-state index >= 15 is 0 Å².